The van der Waals surface area contributed by atoms with Crippen LogP contribution in [0, 0.1) is 0 Å². The van der Waals surface area contributed by atoms with Crippen LogP contribution < -0.4 is 4.74 Å². The van der Waals surface area contributed by atoms with Crippen molar-refractivity contribution in [2.75, 3.05) is 32.8 Å². The van der Waals surface area contributed by atoms with Gasteiger partial charge in [0.05, 0.1) is 13.0 Å². The van der Waals surface area contributed by atoms with Gasteiger partial charge in [-0.15, -0.1) is 0 Å². The second-order valence-corrected chi connectivity index (χ2v) is 7.88. The van der Waals surface area contributed by atoms with Crippen molar-refractivity contribution in [1.29, 1.82) is 0 Å². The minimum absolute atomic E-state index is 0.0923. The van der Waals surface area contributed by atoms with Gasteiger partial charge in [-0.05, 0) is 56.5 Å². The molecule has 2 aromatic carbocycles. The third kappa shape index (κ3) is 4.07. The Kier molecular flexibility index (Phi) is 5.96. The molecule has 4 nitrogen and oxygen atoms in total. The summed E-state index contributed by atoms with van der Waals surface area (Å²) in [7, 11) is 0. The number of para-hydroxylation sites is 1. The van der Waals surface area contributed by atoms with Crippen LogP contribution in [-0.2, 0) is 10.3 Å². The van der Waals surface area contributed by atoms with E-state index in [0.29, 0.717) is 13.0 Å². The fourth-order valence-corrected chi connectivity index (χ4v) is 4.74. The number of amides is 1. The van der Waals surface area contributed by atoms with Gasteiger partial charge >= 0.3 is 0 Å². The van der Waals surface area contributed by atoms with Crippen molar-refractivity contribution in [3.05, 3.63) is 66.2 Å². The number of hydrogen-bond donors (Lipinski definition) is 0. The lowest BCUT2D eigenvalue weighted by molar-refractivity contribution is -0.134. The number of carbonyl (C=O) groups excluding carboxylic acids is 1. The molecule has 0 spiro atoms. The van der Waals surface area contributed by atoms with Gasteiger partial charge in [0.15, 0.2) is 0 Å². The first-order chi connectivity index (χ1) is 13.8. The second kappa shape index (κ2) is 8.78. The third-order valence-corrected chi connectivity index (χ3v) is 6.29. The standard InChI is InChI=1S/C24H30N2O2/c27-23(13-20-28-22-11-5-2-6-12-22)25-18-14-24(15-19-25,26-16-7-8-17-26)21-9-3-1-4-10-21/h1-6,9-12H,7-8,13-20H2. The van der Waals surface area contributed by atoms with Gasteiger partial charge in [0.2, 0.25) is 5.91 Å². The summed E-state index contributed by atoms with van der Waals surface area (Å²) < 4.78 is 5.70. The molecule has 2 aliphatic rings. The first-order valence-corrected chi connectivity index (χ1v) is 10.5. The molecule has 0 radical (unpaired) electrons. The Labute approximate surface area is 168 Å². The van der Waals surface area contributed by atoms with Crippen molar-refractivity contribution in [2.45, 2.75) is 37.6 Å². The van der Waals surface area contributed by atoms with Crippen molar-refractivity contribution in [2.24, 2.45) is 0 Å². The molecule has 148 valence electrons. The molecule has 0 atom stereocenters. The van der Waals surface area contributed by atoms with Crippen molar-refractivity contribution < 1.29 is 9.53 Å². The molecule has 0 aromatic heterocycles. The lowest BCUT2D eigenvalue weighted by atomic mass is 9.79. The molecular formula is C24H30N2O2. The van der Waals surface area contributed by atoms with Crippen LogP contribution in [0.5, 0.6) is 5.75 Å². The lowest BCUT2D eigenvalue weighted by Gasteiger charge is -2.48. The van der Waals surface area contributed by atoms with Crippen LogP contribution in [0.3, 0.4) is 0 Å². The van der Waals surface area contributed by atoms with Gasteiger partial charge in [-0.2, -0.15) is 0 Å². The average Bonchev–Trinajstić information content (AvgIpc) is 3.31. The molecular weight excluding hydrogens is 348 g/mol. The zero-order valence-corrected chi connectivity index (χ0v) is 16.6. The highest BCUT2D eigenvalue weighted by atomic mass is 16.5. The van der Waals surface area contributed by atoms with E-state index in [9.17, 15) is 4.79 Å². The van der Waals surface area contributed by atoms with Gasteiger partial charge in [-0.1, -0.05) is 48.5 Å². The van der Waals surface area contributed by atoms with Gasteiger partial charge in [-0.25, -0.2) is 0 Å². The van der Waals surface area contributed by atoms with Crippen molar-refractivity contribution in [3.63, 3.8) is 0 Å². The van der Waals surface area contributed by atoms with Crippen LogP contribution in [0.25, 0.3) is 0 Å². The van der Waals surface area contributed by atoms with Crippen molar-refractivity contribution in [1.82, 2.24) is 9.80 Å². The SMILES string of the molecule is O=C(CCOc1ccccc1)N1CCC(c2ccccc2)(N2CCCC2)CC1. The van der Waals surface area contributed by atoms with E-state index >= 15 is 0 Å². The highest BCUT2D eigenvalue weighted by Crippen LogP contribution is 2.40. The van der Waals surface area contributed by atoms with E-state index in [1.165, 1.54) is 31.5 Å². The van der Waals surface area contributed by atoms with Crippen LogP contribution in [0.15, 0.2) is 60.7 Å². The molecule has 0 unspecified atom stereocenters. The minimum atomic E-state index is 0.0923. The van der Waals surface area contributed by atoms with Gasteiger partial charge in [-0.3, -0.25) is 9.69 Å². The third-order valence-electron chi connectivity index (χ3n) is 6.29. The zero-order chi connectivity index (χ0) is 19.2. The largest absolute Gasteiger partial charge is 0.493 e. The maximum absolute atomic E-state index is 12.7. The number of piperidine rings is 1. The Morgan fingerprint density at radius 3 is 2.11 bits per heavy atom. The average molecular weight is 379 g/mol. The zero-order valence-electron chi connectivity index (χ0n) is 16.6. The van der Waals surface area contributed by atoms with E-state index in [2.05, 4.69) is 35.2 Å². The number of hydrogen-bond acceptors (Lipinski definition) is 3. The van der Waals surface area contributed by atoms with Gasteiger partial charge < -0.3 is 9.64 Å². The summed E-state index contributed by atoms with van der Waals surface area (Å²) in [5, 5.41) is 0. The highest BCUT2D eigenvalue weighted by molar-refractivity contribution is 5.76. The number of benzene rings is 2. The summed E-state index contributed by atoms with van der Waals surface area (Å²) in [4.78, 5) is 17.4. The first-order valence-electron chi connectivity index (χ1n) is 10.5. The molecule has 2 fully saturated rings. The van der Waals surface area contributed by atoms with Crippen LogP contribution in [0.4, 0.5) is 0 Å². The summed E-state index contributed by atoms with van der Waals surface area (Å²) in [5.41, 5.74) is 1.51. The second-order valence-electron chi connectivity index (χ2n) is 7.88. The molecule has 0 aliphatic carbocycles. The molecule has 0 saturated carbocycles. The molecule has 0 bridgehead atoms. The minimum Gasteiger partial charge on any atom is -0.493 e. The van der Waals surface area contributed by atoms with Gasteiger partial charge in [0, 0.05) is 18.6 Å². The van der Waals surface area contributed by atoms with Crippen LogP contribution in [0.2, 0.25) is 0 Å². The number of ether oxygens (including phenoxy) is 1. The van der Waals surface area contributed by atoms with E-state index < -0.39 is 0 Å². The van der Waals surface area contributed by atoms with Gasteiger partial charge in [0.1, 0.15) is 5.75 Å². The van der Waals surface area contributed by atoms with Crippen LogP contribution in [0.1, 0.15) is 37.7 Å². The molecule has 2 aromatic rings. The summed E-state index contributed by atoms with van der Waals surface area (Å²) in [6.07, 6.45) is 5.05. The van der Waals surface area contributed by atoms with E-state index in [1.54, 1.807) is 0 Å². The summed E-state index contributed by atoms with van der Waals surface area (Å²) in [5.74, 6) is 1.03. The molecule has 1 amide bonds. The molecule has 2 aliphatic heterocycles. The normalized spacial score (nSPS) is 19.5. The number of carbonyl (C=O) groups is 1. The van der Waals surface area contributed by atoms with Crippen molar-refractivity contribution in [3.8, 4) is 5.75 Å². The summed E-state index contributed by atoms with van der Waals surface area (Å²) >= 11 is 0. The number of rotatable bonds is 6. The summed E-state index contributed by atoms with van der Waals surface area (Å²) in [6, 6.07) is 20.6. The molecule has 0 N–H and O–H groups in total. The fourth-order valence-electron chi connectivity index (χ4n) is 4.74. The van der Waals surface area contributed by atoms with E-state index in [-0.39, 0.29) is 11.4 Å². The van der Waals surface area contributed by atoms with Crippen LogP contribution in [-0.4, -0.2) is 48.5 Å². The smallest absolute Gasteiger partial charge is 0.225 e. The molecule has 4 rings (SSSR count). The maximum Gasteiger partial charge on any atom is 0.225 e. The highest BCUT2D eigenvalue weighted by Gasteiger charge is 2.42. The molecule has 2 saturated heterocycles. The fraction of sp³-hybridized carbons (Fsp3) is 0.458. The van der Waals surface area contributed by atoms with E-state index in [0.717, 1.165) is 31.7 Å². The quantitative estimate of drug-likeness (QED) is 0.760. The molecule has 2 heterocycles. The lowest BCUT2D eigenvalue weighted by Crippen LogP contribution is -2.53. The summed E-state index contributed by atoms with van der Waals surface area (Å²) in [6.45, 7) is 4.45. The Bertz CT molecular complexity index is 749. The number of nitrogens with zero attached hydrogens (tertiary/aromatic N) is 2. The Balaban J connectivity index is 1.35. The van der Waals surface area contributed by atoms with Crippen molar-refractivity contribution >= 4 is 5.91 Å². The van der Waals surface area contributed by atoms with E-state index in [1.807, 2.05) is 35.2 Å². The first kappa shape index (κ1) is 19.0. The Hall–Kier alpha value is -2.33. The predicted octanol–water partition coefficient (Wildman–Crippen LogP) is 4.07. The Morgan fingerprint density at radius 2 is 1.46 bits per heavy atom. The topological polar surface area (TPSA) is 32.8 Å². The van der Waals surface area contributed by atoms with E-state index in [4.69, 9.17) is 4.74 Å². The van der Waals surface area contributed by atoms with Gasteiger partial charge in [0.25, 0.3) is 0 Å². The monoisotopic (exact) mass is 378 g/mol. The maximum atomic E-state index is 12.7. The Morgan fingerprint density at radius 1 is 0.857 bits per heavy atom. The predicted molar refractivity (Wildman–Crippen MR) is 111 cm³/mol. The van der Waals surface area contributed by atoms with Crippen LogP contribution >= 0.6 is 0 Å². The molecule has 4 heteroatoms. The number of likely N-dealkylation sites (tertiary alicyclic amines) is 2. The molecule has 28 heavy (non-hydrogen) atoms.